The van der Waals surface area contributed by atoms with Gasteiger partial charge in [-0.3, -0.25) is 4.79 Å². The van der Waals surface area contributed by atoms with E-state index >= 15 is 0 Å². The maximum Gasteiger partial charge on any atom is 0.416 e. The minimum atomic E-state index is -4.36. The number of alkyl halides is 3. The van der Waals surface area contributed by atoms with E-state index in [0.717, 1.165) is 18.6 Å². The number of nitrogens with two attached hydrogens (primary N) is 1. The van der Waals surface area contributed by atoms with Crippen LogP contribution in [-0.2, 0) is 11.0 Å². The molecule has 0 fully saturated rings. The lowest BCUT2D eigenvalue weighted by molar-refractivity contribution is -0.137. The summed E-state index contributed by atoms with van der Waals surface area (Å²) in [4.78, 5) is 11.5. The average molecular weight is 341 g/mol. The van der Waals surface area contributed by atoms with Crippen molar-refractivity contribution in [1.29, 1.82) is 0 Å². The van der Waals surface area contributed by atoms with Gasteiger partial charge in [-0.2, -0.15) is 13.2 Å². The van der Waals surface area contributed by atoms with Crippen molar-refractivity contribution in [2.75, 3.05) is 13.2 Å². The molecule has 0 saturated carbocycles. The smallest absolute Gasteiger partial charge is 0.416 e. The molecule has 1 rings (SSSR count). The standard InChI is InChI=1S/C14H19F3N2O2.ClH/c1-2-3-12(18)13(20)19-8-9-21-11-6-4-10(5-7-11)14(15,16)17;/h4-7,12H,2-3,8-9,18H2,1H3,(H,19,20);1H. The van der Waals surface area contributed by atoms with Gasteiger partial charge in [0.2, 0.25) is 5.91 Å². The highest BCUT2D eigenvalue weighted by atomic mass is 35.5. The molecule has 0 aliphatic heterocycles. The van der Waals surface area contributed by atoms with Gasteiger partial charge in [0.05, 0.1) is 18.2 Å². The third-order valence-corrected chi connectivity index (χ3v) is 2.79. The molecular weight excluding hydrogens is 321 g/mol. The first kappa shape index (κ1) is 20.5. The highest BCUT2D eigenvalue weighted by Gasteiger charge is 2.29. The van der Waals surface area contributed by atoms with Gasteiger partial charge in [-0.05, 0) is 30.7 Å². The summed E-state index contributed by atoms with van der Waals surface area (Å²) in [5.74, 6) is 0.0583. The summed E-state index contributed by atoms with van der Waals surface area (Å²) in [6.07, 6.45) is -2.94. The molecular formula is C14H20ClF3N2O2. The molecule has 0 radical (unpaired) electrons. The quantitative estimate of drug-likeness (QED) is 0.750. The number of hydrogen-bond acceptors (Lipinski definition) is 3. The summed E-state index contributed by atoms with van der Waals surface area (Å²) in [7, 11) is 0. The Labute approximate surface area is 133 Å². The number of amides is 1. The van der Waals surface area contributed by atoms with Gasteiger partial charge in [-0.15, -0.1) is 12.4 Å². The van der Waals surface area contributed by atoms with Crippen LogP contribution < -0.4 is 15.8 Å². The first-order valence-electron chi connectivity index (χ1n) is 6.68. The van der Waals surface area contributed by atoms with Gasteiger partial charge in [0.15, 0.2) is 0 Å². The first-order chi connectivity index (χ1) is 9.84. The van der Waals surface area contributed by atoms with E-state index in [1.165, 1.54) is 12.1 Å². The van der Waals surface area contributed by atoms with Crippen LogP contribution in [0.1, 0.15) is 25.3 Å². The van der Waals surface area contributed by atoms with Crippen molar-refractivity contribution < 1.29 is 22.7 Å². The number of nitrogens with one attached hydrogen (secondary N) is 1. The normalized spacial score (nSPS) is 12.2. The minimum Gasteiger partial charge on any atom is -0.492 e. The lowest BCUT2D eigenvalue weighted by Gasteiger charge is -2.12. The van der Waals surface area contributed by atoms with Crippen molar-refractivity contribution in [3.63, 3.8) is 0 Å². The van der Waals surface area contributed by atoms with Gasteiger partial charge in [0.25, 0.3) is 0 Å². The van der Waals surface area contributed by atoms with Gasteiger partial charge in [0.1, 0.15) is 12.4 Å². The fourth-order valence-electron chi connectivity index (χ4n) is 1.66. The molecule has 0 aliphatic carbocycles. The molecule has 0 aliphatic rings. The Morgan fingerprint density at radius 2 is 1.91 bits per heavy atom. The Hall–Kier alpha value is -1.47. The van der Waals surface area contributed by atoms with E-state index in [9.17, 15) is 18.0 Å². The maximum atomic E-state index is 12.4. The molecule has 3 N–H and O–H groups in total. The zero-order valence-electron chi connectivity index (χ0n) is 12.2. The summed E-state index contributed by atoms with van der Waals surface area (Å²) in [5, 5.41) is 2.60. The molecule has 22 heavy (non-hydrogen) atoms. The number of halogens is 4. The molecule has 0 bridgehead atoms. The molecule has 4 nitrogen and oxygen atoms in total. The van der Waals surface area contributed by atoms with Gasteiger partial charge < -0.3 is 15.8 Å². The van der Waals surface area contributed by atoms with Crippen LogP contribution in [0.25, 0.3) is 0 Å². The van der Waals surface area contributed by atoms with Crippen LogP contribution in [0.3, 0.4) is 0 Å². The second kappa shape index (κ2) is 9.53. The van der Waals surface area contributed by atoms with Crippen LogP contribution in [0.2, 0.25) is 0 Å². The first-order valence-corrected chi connectivity index (χ1v) is 6.68. The van der Waals surface area contributed by atoms with Crippen LogP contribution in [-0.4, -0.2) is 25.1 Å². The molecule has 0 spiro atoms. The van der Waals surface area contributed by atoms with Gasteiger partial charge in [-0.1, -0.05) is 13.3 Å². The van der Waals surface area contributed by atoms with E-state index in [1.807, 2.05) is 6.92 Å². The Morgan fingerprint density at radius 1 is 1.32 bits per heavy atom. The largest absolute Gasteiger partial charge is 0.492 e. The number of ether oxygens (including phenoxy) is 1. The fourth-order valence-corrected chi connectivity index (χ4v) is 1.66. The number of carbonyl (C=O) groups is 1. The predicted octanol–water partition coefficient (Wildman–Crippen LogP) is 2.75. The van der Waals surface area contributed by atoms with E-state index in [2.05, 4.69) is 5.32 Å². The van der Waals surface area contributed by atoms with E-state index in [1.54, 1.807) is 0 Å². The second-order valence-corrected chi connectivity index (χ2v) is 4.56. The Balaban J connectivity index is 0.00000441. The van der Waals surface area contributed by atoms with E-state index in [4.69, 9.17) is 10.5 Å². The number of rotatable bonds is 7. The second-order valence-electron chi connectivity index (χ2n) is 4.56. The maximum absolute atomic E-state index is 12.4. The fraction of sp³-hybridized carbons (Fsp3) is 0.500. The molecule has 1 amide bonds. The van der Waals surface area contributed by atoms with Crippen molar-refractivity contribution in [3.05, 3.63) is 29.8 Å². The van der Waals surface area contributed by atoms with Crippen molar-refractivity contribution in [3.8, 4) is 5.75 Å². The summed E-state index contributed by atoms with van der Waals surface area (Å²) in [6, 6.07) is 3.85. The van der Waals surface area contributed by atoms with E-state index in [0.29, 0.717) is 12.2 Å². The molecule has 126 valence electrons. The summed E-state index contributed by atoms with van der Waals surface area (Å²) >= 11 is 0. The zero-order chi connectivity index (χ0) is 15.9. The van der Waals surface area contributed by atoms with Crippen molar-refractivity contribution in [1.82, 2.24) is 5.32 Å². The van der Waals surface area contributed by atoms with Crippen LogP contribution in [0.15, 0.2) is 24.3 Å². The third-order valence-electron chi connectivity index (χ3n) is 2.79. The Bertz CT molecular complexity index is 452. The molecule has 8 heteroatoms. The minimum absolute atomic E-state index is 0. The van der Waals surface area contributed by atoms with Gasteiger partial charge in [-0.25, -0.2) is 0 Å². The highest BCUT2D eigenvalue weighted by molar-refractivity contribution is 5.85. The van der Waals surface area contributed by atoms with E-state index in [-0.39, 0.29) is 31.5 Å². The number of carbonyl (C=O) groups excluding carboxylic acids is 1. The summed E-state index contributed by atoms with van der Waals surface area (Å²) in [6.45, 7) is 2.34. The van der Waals surface area contributed by atoms with Crippen LogP contribution in [0.5, 0.6) is 5.75 Å². The average Bonchev–Trinajstić information content (AvgIpc) is 2.43. The molecule has 0 heterocycles. The topological polar surface area (TPSA) is 64.4 Å². The molecule has 1 atom stereocenters. The lowest BCUT2D eigenvalue weighted by Crippen LogP contribution is -2.41. The van der Waals surface area contributed by atoms with Crippen LogP contribution in [0, 0.1) is 0 Å². The molecule has 1 aromatic rings. The number of benzene rings is 1. The highest BCUT2D eigenvalue weighted by Crippen LogP contribution is 2.30. The lowest BCUT2D eigenvalue weighted by atomic mass is 10.2. The Kier molecular flexibility index (Phi) is 8.89. The Morgan fingerprint density at radius 3 is 2.41 bits per heavy atom. The number of hydrogen-bond donors (Lipinski definition) is 2. The van der Waals surface area contributed by atoms with Crippen molar-refractivity contribution >= 4 is 18.3 Å². The van der Waals surface area contributed by atoms with Gasteiger partial charge >= 0.3 is 6.18 Å². The van der Waals surface area contributed by atoms with Crippen LogP contribution in [0.4, 0.5) is 13.2 Å². The van der Waals surface area contributed by atoms with Gasteiger partial charge in [0, 0.05) is 0 Å². The SMILES string of the molecule is CCCC(N)C(=O)NCCOc1ccc(C(F)(F)F)cc1.Cl. The van der Waals surface area contributed by atoms with Crippen LogP contribution >= 0.6 is 12.4 Å². The molecule has 0 aromatic heterocycles. The van der Waals surface area contributed by atoms with E-state index < -0.39 is 17.8 Å². The summed E-state index contributed by atoms with van der Waals surface area (Å²) < 4.78 is 42.3. The molecule has 1 unspecified atom stereocenters. The van der Waals surface area contributed by atoms with Crippen molar-refractivity contribution in [2.45, 2.75) is 32.0 Å². The molecule has 0 saturated heterocycles. The monoisotopic (exact) mass is 340 g/mol. The zero-order valence-corrected chi connectivity index (χ0v) is 13.0. The third kappa shape index (κ3) is 7.00. The predicted molar refractivity (Wildman–Crippen MR) is 80.1 cm³/mol. The molecule has 1 aromatic carbocycles. The summed E-state index contributed by atoms with van der Waals surface area (Å²) in [5.41, 5.74) is 4.89. The van der Waals surface area contributed by atoms with Crippen molar-refractivity contribution in [2.24, 2.45) is 5.73 Å².